The molecule has 0 saturated heterocycles. The van der Waals surface area contributed by atoms with Gasteiger partial charge in [-0.05, 0) is 23.7 Å². The van der Waals surface area contributed by atoms with E-state index >= 15 is 0 Å². The monoisotopic (exact) mass is 244 g/mol. The van der Waals surface area contributed by atoms with E-state index in [0.717, 1.165) is 21.8 Å². The van der Waals surface area contributed by atoms with Gasteiger partial charge < -0.3 is 10.3 Å². The molecule has 0 unspecified atom stereocenters. The van der Waals surface area contributed by atoms with Crippen molar-refractivity contribution in [1.29, 1.82) is 0 Å². The SMILES string of the molecule is O=C(Cl)Nc1cccc2c1[nH]c1ccccc12. The zero-order chi connectivity index (χ0) is 11.8. The molecule has 0 aliphatic heterocycles. The number of carbonyl (C=O) groups excluding carboxylic acids is 1. The molecule has 0 aliphatic rings. The summed E-state index contributed by atoms with van der Waals surface area (Å²) in [5, 5.41) is 4.22. The number of halogens is 1. The van der Waals surface area contributed by atoms with Crippen molar-refractivity contribution in [2.24, 2.45) is 0 Å². The largest absolute Gasteiger partial charge is 0.353 e. The molecule has 4 heteroatoms. The van der Waals surface area contributed by atoms with Gasteiger partial charge in [0.1, 0.15) is 0 Å². The highest BCUT2D eigenvalue weighted by molar-refractivity contribution is 6.65. The maximum absolute atomic E-state index is 10.9. The molecule has 0 saturated carbocycles. The number of aromatic amines is 1. The van der Waals surface area contributed by atoms with Gasteiger partial charge in [0.2, 0.25) is 0 Å². The van der Waals surface area contributed by atoms with Gasteiger partial charge in [0.25, 0.3) is 0 Å². The number of aromatic nitrogens is 1. The average Bonchev–Trinajstić information content (AvgIpc) is 2.68. The van der Waals surface area contributed by atoms with Gasteiger partial charge in [-0.1, -0.05) is 30.3 Å². The molecule has 3 aromatic rings. The van der Waals surface area contributed by atoms with Crippen molar-refractivity contribution >= 4 is 44.5 Å². The zero-order valence-electron chi connectivity index (χ0n) is 8.83. The van der Waals surface area contributed by atoms with E-state index in [0.29, 0.717) is 5.69 Å². The Hall–Kier alpha value is -2.00. The van der Waals surface area contributed by atoms with Crippen LogP contribution >= 0.6 is 11.6 Å². The van der Waals surface area contributed by atoms with Crippen LogP contribution in [0.1, 0.15) is 0 Å². The molecule has 1 amide bonds. The topological polar surface area (TPSA) is 44.9 Å². The summed E-state index contributed by atoms with van der Waals surface area (Å²) in [5.74, 6) is 0. The Labute approximate surface area is 102 Å². The Bertz CT molecular complexity index is 718. The van der Waals surface area contributed by atoms with Crippen LogP contribution in [-0.2, 0) is 0 Å². The Morgan fingerprint density at radius 2 is 1.82 bits per heavy atom. The van der Waals surface area contributed by atoms with Crippen LogP contribution in [0.4, 0.5) is 10.5 Å². The highest BCUT2D eigenvalue weighted by Crippen LogP contribution is 2.30. The molecule has 0 spiro atoms. The fourth-order valence-electron chi connectivity index (χ4n) is 2.08. The van der Waals surface area contributed by atoms with Crippen molar-refractivity contribution in [1.82, 2.24) is 4.98 Å². The Morgan fingerprint density at radius 3 is 2.65 bits per heavy atom. The summed E-state index contributed by atoms with van der Waals surface area (Å²) in [6.07, 6.45) is 0. The Morgan fingerprint density at radius 1 is 1.06 bits per heavy atom. The van der Waals surface area contributed by atoms with Crippen molar-refractivity contribution in [3.8, 4) is 0 Å². The van der Waals surface area contributed by atoms with Gasteiger partial charge in [0.15, 0.2) is 0 Å². The van der Waals surface area contributed by atoms with Crippen molar-refractivity contribution in [2.45, 2.75) is 0 Å². The summed E-state index contributed by atoms with van der Waals surface area (Å²) in [6.45, 7) is 0. The van der Waals surface area contributed by atoms with E-state index in [1.165, 1.54) is 0 Å². The van der Waals surface area contributed by atoms with Crippen LogP contribution in [0.3, 0.4) is 0 Å². The van der Waals surface area contributed by atoms with Crippen LogP contribution in [0.25, 0.3) is 21.8 Å². The second-order valence-corrected chi connectivity index (χ2v) is 4.14. The normalized spacial score (nSPS) is 10.9. The van der Waals surface area contributed by atoms with Crippen molar-refractivity contribution in [2.75, 3.05) is 5.32 Å². The minimum Gasteiger partial charge on any atom is -0.353 e. The minimum atomic E-state index is -0.587. The number of H-pyrrole nitrogens is 1. The first-order chi connectivity index (χ1) is 8.25. The van der Waals surface area contributed by atoms with Gasteiger partial charge in [-0.2, -0.15) is 0 Å². The average molecular weight is 245 g/mol. The highest BCUT2D eigenvalue weighted by atomic mass is 35.5. The number of rotatable bonds is 1. The number of nitrogens with one attached hydrogen (secondary N) is 2. The summed E-state index contributed by atoms with van der Waals surface area (Å²) in [4.78, 5) is 14.2. The molecule has 0 bridgehead atoms. The zero-order valence-corrected chi connectivity index (χ0v) is 9.58. The number of hydrogen-bond acceptors (Lipinski definition) is 1. The molecule has 84 valence electrons. The van der Waals surface area contributed by atoms with Crippen molar-refractivity contribution < 1.29 is 4.79 Å². The van der Waals surface area contributed by atoms with E-state index < -0.39 is 5.37 Å². The molecular formula is C13H9ClN2O. The van der Waals surface area contributed by atoms with E-state index in [1.807, 2.05) is 42.5 Å². The van der Waals surface area contributed by atoms with Crippen LogP contribution in [0.15, 0.2) is 42.5 Å². The maximum atomic E-state index is 10.9. The minimum absolute atomic E-state index is 0.587. The lowest BCUT2D eigenvalue weighted by atomic mass is 10.1. The summed E-state index contributed by atoms with van der Waals surface area (Å²) in [6, 6.07) is 13.7. The van der Waals surface area contributed by atoms with Crippen LogP contribution < -0.4 is 5.32 Å². The fourth-order valence-corrected chi connectivity index (χ4v) is 2.18. The Balaban J connectivity index is 2.35. The first-order valence-corrected chi connectivity index (χ1v) is 5.59. The molecular weight excluding hydrogens is 236 g/mol. The van der Waals surface area contributed by atoms with E-state index in [4.69, 9.17) is 11.6 Å². The second-order valence-electron chi connectivity index (χ2n) is 3.80. The summed E-state index contributed by atoms with van der Waals surface area (Å²) >= 11 is 5.35. The molecule has 17 heavy (non-hydrogen) atoms. The number of carbonyl (C=O) groups is 1. The lowest BCUT2D eigenvalue weighted by Gasteiger charge is -2.01. The molecule has 3 nitrogen and oxygen atoms in total. The fraction of sp³-hybridized carbons (Fsp3) is 0. The van der Waals surface area contributed by atoms with E-state index in [9.17, 15) is 4.79 Å². The number of anilines is 1. The third kappa shape index (κ3) is 1.65. The first-order valence-electron chi connectivity index (χ1n) is 5.21. The van der Waals surface area contributed by atoms with Crippen LogP contribution in [0, 0.1) is 0 Å². The van der Waals surface area contributed by atoms with Crippen molar-refractivity contribution in [3.05, 3.63) is 42.5 Å². The number of amides is 1. The van der Waals surface area contributed by atoms with Crippen LogP contribution in [0.2, 0.25) is 0 Å². The summed E-state index contributed by atoms with van der Waals surface area (Å²) < 4.78 is 0. The van der Waals surface area contributed by atoms with Crippen LogP contribution in [-0.4, -0.2) is 10.4 Å². The third-order valence-electron chi connectivity index (χ3n) is 2.77. The van der Waals surface area contributed by atoms with E-state index in [-0.39, 0.29) is 0 Å². The highest BCUT2D eigenvalue weighted by Gasteiger charge is 2.08. The van der Waals surface area contributed by atoms with Crippen molar-refractivity contribution in [3.63, 3.8) is 0 Å². The molecule has 0 atom stereocenters. The quantitative estimate of drug-likeness (QED) is 0.491. The molecule has 1 aromatic heterocycles. The van der Waals surface area contributed by atoms with Gasteiger partial charge >= 0.3 is 5.37 Å². The van der Waals surface area contributed by atoms with Gasteiger partial charge in [0, 0.05) is 16.3 Å². The maximum Gasteiger partial charge on any atom is 0.318 e. The summed E-state index contributed by atoms with van der Waals surface area (Å²) in [7, 11) is 0. The molecule has 0 aliphatic carbocycles. The first kappa shape index (κ1) is 10.2. The molecule has 2 N–H and O–H groups in total. The molecule has 2 aromatic carbocycles. The number of hydrogen-bond donors (Lipinski definition) is 2. The van der Waals surface area contributed by atoms with Gasteiger partial charge in [-0.3, -0.25) is 4.79 Å². The van der Waals surface area contributed by atoms with Gasteiger partial charge in [-0.25, -0.2) is 0 Å². The lowest BCUT2D eigenvalue weighted by molar-refractivity contribution is 0.269. The molecule has 0 fully saturated rings. The van der Waals surface area contributed by atoms with Crippen LogP contribution in [0.5, 0.6) is 0 Å². The Kier molecular flexibility index (Phi) is 2.27. The number of benzene rings is 2. The number of fused-ring (bicyclic) bond motifs is 3. The van der Waals surface area contributed by atoms with E-state index in [2.05, 4.69) is 10.3 Å². The van der Waals surface area contributed by atoms with Gasteiger partial charge in [-0.15, -0.1) is 0 Å². The third-order valence-corrected chi connectivity index (χ3v) is 2.87. The molecule has 3 rings (SSSR count). The lowest BCUT2D eigenvalue weighted by Crippen LogP contribution is -2.01. The predicted molar refractivity (Wildman–Crippen MR) is 70.7 cm³/mol. The standard InChI is InChI=1S/C13H9ClN2O/c14-13(17)16-11-7-3-5-9-8-4-1-2-6-10(8)15-12(9)11/h1-7,15H,(H,16,17). The smallest absolute Gasteiger partial charge is 0.318 e. The molecule has 0 radical (unpaired) electrons. The number of para-hydroxylation sites is 2. The van der Waals surface area contributed by atoms with Gasteiger partial charge in [0.05, 0.1) is 11.2 Å². The molecule has 1 heterocycles. The predicted octanol–water partition coefficient (Wildman–Crippen LogP) is 4.09. The van der Waals surface area contributed by atoms with E-state index in [1.54, 1.807) is 0 Å². The second kappa shape index (κ2) is 3.79. The summed E-state index contributed by atoms with van der Waals surface area (Å²) in [5.41, 5.74) is 2.63.